The van der Waals surface area contributed by atoms with Gasteiger partial charge >= 0.3 is 0 Å². The van der Waals surface area contributed by atoms with Gasteiger partial charge < -0.3 is 0 Å². The highest BCUT2D eigenvalue weighted by atomic mass is 79.9. The van der Waals surface area contributed by atoms with Crippen LogP contribution in [0.3, 0.4) is 0 Å². The summed E-state index contributed by atoms with van der Waals surface area (Å²) in [6.07, 6.45) is 3.63. The van der Waals surface area contributed by atoms with E-state index in [0.29, 0.717) is 12.5 Å². The lowest BCUT2D eigenvalue weighted by atomic mass is 10.2. The zero-order chi connectivity index (χ0) is 12.4. The molecule has 2 rings (SSSR count). The Morgan fingerprint density at radius 2 is 2.18 bits per heavy atom. The van der Waals surface area contributed by atoms with Gasteiger partial charge in [-0.15, -0.1) is 0 Å². The van der Waals surface area contributed by atoms with E-state index in [4.69, 9.17) is 0 Å². The van der Waals surface area contributed by atoms with Crippen molar-refractivity contribution >= 4 is 15.9 Å². The van der Waals surface area contributed by atoms with Crippen LogP contribution >= 0.6 is 15.9 Å². The third kappa shape index (κ3) is 2.94. The summed E-state index contributed by atoms with van der Waals surface area (Å²) in [6, 6.07) is 0. The molecular formula is C11H16BrN5. The Kier molecular flexibility index (Phi) is 3.61. The van der Waals surface area contributed by atoms with Gasteiger partial charge in [-0.2, -0.15) is 10.2 Å². The summed E-state index contributed by atoms with van der Waals surface area (Å²) in [4.78, 5) is 4.04. The van der Waals surface area contributed by atoms with Crippen LogP contribution < -0.4 is 0 Å². The van der Waals surface area contributed by atoms with E-state index in [0.717, 1.165) is 17.0 Å². The molecule has 2 aromatic rings. The second-order valence-electron chi connectivity index (χ2n) is 4.54. The molecule has 92 valence electrons. The molecule has 0 amide bonds. The molecule has 0 aromatic carbocycles. The molecule has 0 N–H and O–H groups in total. The highest BCUT2D eigenvalue weighted by molar-refractivity contribution is 9.10. The summed E-state index contributed by atoms with van der Waals surface area (Å²) in [5.41, 5.74) is 2.23. The first-order valence-corrected chi connectivity index (χ1v) is 6.42. The van der Waals surface area contributed by atoms with Gasteiger partial charge in [-0.3, -0.25) is 4.68 Å². The van der Waals surface area contributed by atoms with E-state index in [2.05, 4.69) is 51.2 Å². The Hall–Kier alpha value is -1.17. The van der Waals surface area contributed by atoms with E-state index in [1.54, 1.807) is 0 Å². The van der Waals surface area contributed by atoms with Crippen LogP contribution in [0.5, 0.6) is 0 Å². The molecule has 0 spiro atoms. The molecule has 0 unspecified atom stereocenters. The van der Waals surface area contributed by atoms with Gasteiger partial charge in [-0.25, -0.2) is 9.67 Å². The maximum Gasteiger partial charge on any atom is 0.195 e. The van der Waals surface area contributed by atoms with Crippen molar-refractivity contribution in [1.29, 1.82) is 0 Å². The van der Waals surface area contributed by atoms with Gasteiger partial charge in [-0.05, 0) is 28.8 Å². The van der Waals surface area contributed by atoms with E-state index in [-0.39, 0.29) is 0 Å². The molecule has 17 heavy (non-hydrogen) atoms. The van der Waals surface area contributed by atoms with Gasteiger partial charge in [-0.1, -0.05) is 13.8 Å². The fourth-order valence-corrected chi connectivity index (χ4v) is 2.01. The molecule has 0 atom stereocenters. The van der Waals surface area contributed by atoms with Crippen molar-refractivity contribution in [3.05, 3.63) is 28.5 Å². The number of halogens is 1. The molecule has 6 heteroatoms. The third-order valence-electron chi connectivity index (χ3n) is 2.49. The fraction of sp³-hybridized carbons (Fsp3) is 0.545. The minimum atomic E-state index is 0.597. The molecule has 2 heterocycles. The maximum atomic E-state index is 4.50. The summed E-state index contributed by atoms with van der Waals surface area (Å²) in [5, 5.41) is 8.64. The molecule has 0 aliphatic heterocycles. The molecule has 0 fully saturated rings. The van der Waals surface area contributed by atoms with Crippen molar-refractivity contribution in [1.82, 2.24) is 24.5 Å². The van der Waals surface area contributed by atoms with Gasteiger partial charge in [0, 0.05) is 18.3 Å². The third-order valence-corrected chi connectivity index (χ3v) is 3.10. The molecule has 5 nitrogen and oxygen atoms in total. The summed E-state index contributed by atoms with van der Waals surface area (Å²) in [6.45, 7) is 8.04. The Morgan fingerprint density at radius 3 is 2.76 bits per heavy atom. The SMILES string of the molecule is Cc1nn(CC(C)C)cc1Cn1ncnc1Br. The average Bonchev–Trinajstić information content (AvgIpc) is 2.75. The predicted molar refractivity (Wildman–Crippen MR) is 68.6 cm³/mol. The average molecular weight is 298 g/mol. The number of aryl methyl sites for hydroxylation is 1. The normalized spacial score (nSPS) is 11.4. The lowest BCUT2D eigenvalue weighted by Crippen LogP contribution is -2.05. The lowest BCUT2D eigenvalue weighted by molar-refractivity contribution is 0.481. The summed E-state index contributed by atoms with van der Waals surface area (Å²) in [7, 11) is 0. The van der Waals surface area contributed by atoms with Crippen molar-refractivity contribution in [3.8, 4) is 0 Å². The summed E-state index contributed by atoms with van der Waals surface area (Å²) in [5.74, 6) is 0.597. The van der Waals surface area contributed by atoms with Crippen LogP contribution in [0.2, 0.25) is 0 Å². The van der Waals surface area contributed by atoms with E-state index < -0.39 is 0 Å². The van der Waals surface area contributed by atoms with E-state index in [1.165, 1.54) is 11.9 Å². The van der Waals surface area contributed by atoms with Gasteiger partial charge in [0.25, 0.3) is 0 Å². The van der Waals surface area contributed by atoms with E-state index in [1.807, 2.05) is 16.3 Å². The summed E-state index contributed by atoms with van der Waals surface area (Å²) < 4.78 is 4.55. The molecule has 2 aromatic heterocycles. The van der Waals surface area contributed by atoms with E-state index >= 15 is 0 Å². The van der Waals surface area contributed by atoms with Crippen molar-refractivity contribution in [2.45, 2.75) is 33.9 Å². The topological polar surface area (TPSA) is 48.5 Å². The molecule has 0 radical (unpaired) electrons. The number of hydrogen-bond donors (Lipinski definition) is 0. The molecule has 0 bridgehead atoms. The van der Waals surface area contributed by atoms with Gasteiger partial charge in [0.1, 0.15) is 6.33 Å². The maximum absolute atomic E-state index is 4.50. The van der Waals surface area contributed by atoms with Crippen LogP contribution in [-0.4, -0.2) is 24.5 Å². The number of hydrogen-bond acceptors (Lipinski definition) is 3. The monoisotopic (exact) mass is 297 g/mol. The fourth-order valence-electron chi connectivity index (χ4n) is 1.70. The number of aromatic nitrogens is 5. The second kappa shape index (κ2) is 5.00. The van der Waals surface area contributed by atoms with Crippen molar-refractivity contribution in [2.75, 3.05) is 0 Å². The Morgan fingerprint density at radius 1 is 1.41 bits per heavy atom. The molecular weight excluding hydrogens is 282 g/mol. The molecule has 0 aliphatic carbocycles. The highest BCUT2D eigenvalue weighted by Crippen LogP contribution is 2.12. The van der Waals surface area contributed by atoms with Crippen LogP contribution in [0.1, 0.15) is 25.1 Å². The van der Waals surface area contributed by atoms with Crippen molar-refractivity contribution < 1.29 is 0 Å². The van der Waals surface area contributed by atoms with Crippen LogP contribution in [0.4, 0.5) is 0 Å². The molecule has 0 saturated carbocycles. The van der Waals surface area contributed by atoms with Crippen LogP contribution in [0.25, 0.3) is 0 Å². The van der Waals surface area contributed by atoms with Crippen molar-refractivity contribution in [3.63, 3.8) is 0 Å². The number of rotatable bonds is 4. The van der Waals surface area contributed by atoms with Gasteiger partial charge in [0.2, 0.25) is 0 Å². The minimum Gasteiger partial charge on any atom is -0.272 e. The van der Waals surface area contributed by atoms with Gasteiger partial charge in [0.05, 0.1) is 12.2 Å². The molecule has 0 saturated heterocycles. The Labute approximate surface area is 109 Å². The Balaban J connectivity index is 2.16. The van der Waals surface area contributed by atoms with Crippen LogP contribution in [-0.2, 0) is 13.1 Å². The van der Waals surface area contributed by atoms with Crippen molar-refractivity contribution in [2.24, 2.45) is 5.92 Å². The van der Waals surface area contributed by atoms with Crippen LogP contribution in [0, 0.1) is 12.8 Å². The Bertz CT molecular complexity index is 500. The first-order chi connectivity index (χ1) is 8.06. The van der Waals surface area contributed by atoms with E-state index in [9.17, 15) is 0 Å². The highest BCUT2D eigenvalue weighted by Gasteiger charge is 2.09. The number of nitrogens with zero attached hydrogens (tertiary/aromatic N) is 5. The standard InChI is InChI=1S/C11H16BrN5/c1-8(2)4-16-5-10(9(3)15-16)6-17-11(12)13-7-14-17/h5,7-8H,4,6H2,1-3H3. The zero-order valence-electron chi connectivity index (χ0n) is 10.3. The quantitative estimate of drug-likeness (QED) is 0.870. The largest absolute Gasteiger partial charge is 0.272 e. The first kappa shape index (κ1) is 12.3. The predicted octanol–water partition coefficient (Wildman–Crippen LogP) is 2.25. The second-order valence-corrected chi connectivity index (χ2v) is 5.25. The minimum absolute atomic E-state index is 0.597. The van der Waals surface area contributed by atoms with Crippen LogP contribution in [0.15, 0.2) is 17.3 Å². The lowest BCUT2D eigenvalue weighted by Gasteiger charge is -2.03. The summed E-state index contributed by atoms with van der Waals surface area (Å²) >= 11 is 3.36. The zero-order valence-corrected chi connectivity index (χ0v) is 11.8. The van der Waals surface area contributed by atoms with Gasteiger partial charge in [0.15, 0.2) is 4.73 Å². The smallest absolute Gasteiger partial charge is 0.195 e. The molecule has 0 aliphatic rings. The first-order valence-electron chi connectivity index (χ1n) is 5.62.